The molecule has 108 valence electrons. The summed E-state index contributed by atoms with van der Waals surface area (Å²) in [4.78, 5) is 0. The molecule has 0 saturated carbocycles. The maximum atomic E-state index is 2.56. The molecule has 0 bridgehead atoms. The van der Waals surface area contributed by atoms with Crippen LogP contribution in [0.25, 0.3) is 0 Å². The Morgan fingerprint density at radius 1 is 0.850 bits per heavy atom. The fraction of sp³-hybridized carbons (Fsp3) is 0.667. The monoisotopic (exact) mass is 282 g/mol. The summed E-state index contributed by atoms with van der Waals surface area (Å²) in [6, 6.07) is 9.25. The number of hydrogen-bond donors (Lipinski definition) is 0. The second-order valence-electron chi connectivity index (χ2n) is 6.93. The SMILES string of the molecule is [Li][c]1c(C(C)C)cc([Si](CC)(CC)CC)cc1C(C)C. The van der Waals surface area contributed by atoms with Crippen molar-refractivity contribution in [1.29, 1.82) is 0 Å². The first-order valence-corrected chi connectivity index (χ1v) is 11.1. The van der Waals surface area contributed by atoms with Crippen LogP contribution < -0.4 is 9.42 Å². The van der Waals surface area contributed by atoms with Crippen LogP contribution in [0.15, 0.2) is 12.1 Å². The standard InChI is InChI=1S/C18H31Si.Li/c1-8-19(9-2,10-3)18-12-16(14(4)5)11-17(13-18)15(6)7;/h12-15H,8-10H2,1-7H3;. The van der Waals surface area contributed by atoms with E-state index in [1.165, 1.54) is 22.4 Å². The van der Waals surface area contributed by atoms with E-state index in [0.717, 1.165) is 0 Å². The van der Waals surface area contributed by atoms with E-state index in [9.17, 15) is 0 Å². The van der Waals surface area contributed by atoms with Gasteiger partial charge in [0.2, 0.25) is 0 Å². The second kappa shape index (κ2) is 7.34. The van der Waals surface area contributed by atoms with Crippen LogP contribution in [-0.4, -0.2) is 25.8 Å². The molecule has 0 aliphatic carbocycles. The zero-order valence-corrected chi connectivity index (χ0v) is 15.9. The van der Waals surface area contributed by atoms with Gasteiger partial charge in [-0.25, -0.2) is 0 Å². The topological polar surface area (TPSA) is 0 Å². The fourth-order valence-corrected chi connectivity index (χ4v) is 7.28. The van der Waals surface area contributed by atoms with Gasteiger partial charge >= 0.3 is 137 Å². The molecule has 1 rings (SSSR count). The summed E-state index contributed by atoms with van der Waals surface area (Å²) in [5.41, 5.74) is 3.16. The summed E-state index contributed by atoms with van der Waals surface area (Å²) in [5, 5.41) is 1.71. The Morgan fingerprint density at radius 3 is 1.45 bits per heavy atom. The van der Waals surface area contributed by atoms with Crippen LogP contribution in [0.1, 0.15) is 71.4 Å². The van der Waals surface area contributed by atoms with Gasteiger partial charge in [-0.15, -0.1) is 0 Å². The quantitative estimate of drug-likeness (QED) is 0.677. The first kappa shape index (κ1) is 18.1. The van der Waals surface area contributed by atoms with Crippen LogP contribution in [0, 0.1) is 0 Å². The van der Waals surface area contributed by atoms with Crippen molar-refractivity contribution in [3.8, 4) is 0 Å². The van der Waals surface area contributed by atoms with E-state index in [4.69, 9.17) is 0 Å². The molecule has 0 saturated heterocycles. The molecule has 1 aromatic carbocycles. The van der Waals surface area contributed by atoms with Crippen LogP contribution >= 0.6 is 0 Å². The van der Waals surface area contributed by atoms with Gasteiger partial charge in [-0.3, -0.25) is 0 Å². The van der Waals surface area contributed by atoms with E-state index >= 15 is 0 Å². The molecule has 0 heterocycles. The molecule has 0 radical (unpaired) electrons. The van der Waals surface area contributed by atoms with Crippen molar-refractivity contribution >= 4 is 35.2 Å². The fourth-order valence-electron chi connectivity index (χ4n) is 3.63. The summed E-state index contributed by atoms with van der Waals surface area (Å²) < 4.78 is 1.53. The molecule has 0 spiro atoms. The van der Waals surface area contributed by atoms with E-state index in [-0.39, 0.29) is 0 Å². The molecule has 20 heavy (non-hydrogen) atoms. The van der Waals surface area contributed by atoms with Gasteiger partial charge in [0.15, 0.2) is 0 Å². The summed E-state index contributed by atoms with van der Waals surface area (Å²) in [6.07, 6.45) is 0. The van der Waals surface area contributed by atoms with E-state index < -0.39 is 8.07 Å². The van der Waals surface area contributed by atoms with Crippen molar-refractivity contribution in [2.75, 3.05) is 0 Å². The van der Waals surface area contributed by atoms with Gasteiger partial charge in [0.05, 0.1) is 0 Å². The van der Waals surface area contributed by atoms with Crippen molar-refractivity contribution in [3.63, 3.8) is 0 Å². The minimum atomic E-state index is -1.27. The minimum absolute atomic E-state index is 0.629. The number of benzene rings is 1. The molecule has 0 atom stereocenters. The van der Waals surface area contributed by atoms with Crippen molar-refractivity contribution < 1.29 is 0 Å². The predicted octanol–water partition coefficient (Wildman–Crippen LogP) is 4.44. The van der Waals surface area contributed by atoms with E-state index in [0.29, 0.717) is 11.8 Å². The van der Waals surface area contributed by atoms with Crippen molar-refractivity contribution in [1.82, 2.24) is 0 Å². The summed E-state index contributed by atoms with van der Waals surface area (Å²) in [5.74, 6) is 1.26. The van der Waals surface area contributed by atoms with E-state index in [1.807, 2.05) is 0 Å². The predicted molar refractivity (Wildman–Crippen MR) is 96.8 cm³/mol. The Hall–Kier alpha value is 0.0343. The summed E-state index contributed by atoms with van der Waals surface area (Å²) in [7, 11) is -1.27. The maximum absolute atomic E-state index is 2.56. The third-order valence-corrected chi connectivity index (χ3v) is 10.9. The molecule has 0 nitrogen and oxygen atoms in total. The van der Waals surface area contributed by atoms with Crippen LogP contribution in [0.4, 0.5) is 0 Å². The first-order valence-electron chi connectivity index (χ1n) is 8.47. The number of hydrogen-bond acceptors (Lipinski definition) is 0. The third kappa shape index (κ3) is 3.43. The van der Waals surface area contributed by atoms with E-state index in [1.54, 1.807) is 16.3 Å². The van der Waals surface area contributed by atoms with Crippen molar-refractivity contribution in [2.45, 2.75) is 78.4 Å². The zero-order valence-electron chi connectivity index (χ0n) is 14.9. The molecule has 0 unspecified atom stereocenters. The van der Waals surface area contributed by atoms with Gasteiger partial charge in [0, 0.05) is 0 Å². The first-order chi connectivity index (χ1) is 9.32. The molecule has 0 aromatic heterocycles. The average molecular weight is 282 g/mol. The molecular formula is C18H31LiSi. The van der Waals surface area contributed by atoms with Gasteiger partial charge in [-0.2, -0.15) is 0 Å². The van der Waals surface area contributed by atoms with Gasteiger partial charge in [-0.1, -0.05) is 0 Å². The molecule has 2 heteroatoms. The van der Waals surface area contributed by atoms with Crippen molar-refractivity contribution in [2.24, 2.45) is 0 Å². The molecule has 0 aliphatic rings. The van der Waals surface area contributed by atoms with Crippen LogP contribution in [0.2, 0.25) is 18.1 Å². The van der Waals surface area contributed by atoms with Gasteiger partial charge in [0.1, 0.15) is 0 Å². The molecule has 0 aliphatic heterocycles. The van der Waals surface area contributed by atoms with Gasteiger partial charge in [-0.05, 0) is 0 Å². The molecule has 0 N–H and O–H groups in total. The average Bonchev–Trinajstić information content (AvgIpc) is 2.41. The van der Waals surface area contributed by atoms with Crippen LogP contribution in [0.3, 0.4) is 0 Å². The molecular weight excluding hydrogens is 251 g/mol. The Labute approximate surface area is 137 Å². The molecule has 1 aromatic rings. The van der Waals surface area contributed by atoms with Gasteiger partial charge in [0.25, 0.3) is 0 Å². The number of rotatable bonds is 6. The zero-order chi connectivity index (χ0) is 15.5. The summed E-state index contributed by atoms with van der Waals surface area (Å²) in [6.45, 7) is 16.6. The van der Waals surface area contributed by atoms with Crippen LogP contribution in [0.5, 0.6) is 0 Å². The van der Waals surface area contributed by atoms with Crippen LogP contribution in [-0.2, 0) is 0 Å². The molecule has 0 amide bonds. The van der Waals surface area contributed by atoms with Crippen molar-refractivity contribution in [3.05, 3.63) is 23.3 Å². The Bertz CT molecular complexity index is 407. The Balaban J connectivity index is 3.56. The second-order valence-corrected chi connectivity index (χ2v) is 12.2. The summed E-state index contributed by atoms with van der Waals surface area (Å²) >= 11 is 2.32. The Morgan fingerprint density at radius 2 is 1.20 bits per heavy atom. The third-order valence-electron chi connectivity index (χ3n) is 5.37. The normalized spacial score (nSPS) is 12.6. The van der Waals surface area contributed by atoms with E-state index in [2.05, 4.69) is 78.3 Å². The van der Waals surface area contributed by atoms with Gasteiger partial charge < -0.3 is 0 Å². The Kier molecular flexibility index (Phi) is 6.64. The molecule has 0 fully saturated rings.